The Bertz CT molecular complexity index is 3240. The summed E-state index contributed by atoms with van der Waals surface area (Å²) < 4.78 is 0. The van der Waals surface area contributed by atoms with Crippen molar-refractivity contribution in [3.63, 3.8) is 0 Å². The summed E-state index contributed by atoms with van der Waals surface area (Å²) >= 11 is 0. The van der Waals surface area contributed by atoms with Crippen LogP contribution in [-0.4, -0.2) is 0 Å². The van der Waals surface area contributed by atoms with Crippen molar-refractivity contribution >= 4 is 53.9 Å². The van der Waals surface area contributed by atoms with E-state index in [1.54, 1.807) is 0 Å². The van der Waals surface area contributed by atoms with Gasteiger partial charge in [0.2, 0.25) is 0 Å². The molecule has 0 saturated heterocycles. The van der Waals surface area contributed by atoms with Crippen LogP contribution >= 0.6 is 0 Å². The summed E-state index contributed by atoms with van der Waals surface area (Å²) in [7, 11) is 0. The summed E-state index contributed by atoms with van der Waals surface area (Å²) in [5.41, 5.74) is 12.3. The highest BCUT2D eigenvalue weighted by atomic mass is 14.2. The number of fused-ring (bicyclic) bond motifs is 5. The number of hydrogen-bond donors (Lipinski definition) is 0. The van der Waals surface area contributed by atoms with E-state index in [0.29, 0.717) is 0 Å². The van der Waals surface area contributed by atoms with Gasteiger partial charge >= 0.3 is 0 Å². The fourth-order valence-electron chi connectivity index (χ4n) is 8.96. The first-order valence-corrected chi connectivity index (χ1v) is 19.4. The van der Waals surface area contributed by atoms with Crippen molar-refractivity contribution in [1.29, 1.82) is 0 Å². The molecule has 11 rings (SSSR count). The van der Waals surface area contributed by atoms with Crippen LogP contribution in [0, 0.1) is 0 Å². The molecule has 0 amide bonds. The summed E-state index contributed by atoms with van der Waals surface area (Å²) in [4.78, 5) is 0. The van der Waals surface area contributed by atoms with Crippen molar-refractivity contribution in [3.05, 3.63) is 218 Å². The van der Waals surface area contributed by atoms with Crippen LogP contribution in [0.15, 0.2) is 218 Å². The van der Waals surface area contributed by atoms with Crippen LogP contribution in [-0.2, 0) is 0 Å². The van der Waals surface area contributed by atoms with E-state index in [1.165, 1.54) is 109 Å². The van der Waals surface area contributed by atoms with Gasteiger partial charge in [-0.2, -0.15) is 0 Å². The quantitative estimate of drug-likeness (QED) is 0.156. The van der Waals surface area contributed by atoms with Crippen molar-refractivity contribution in [2.45, 2.75) is 0 Å². The van der Waals surface area contributed by atoms with Gasteiger partial charge in [-0.15, -0.1) is 0 Å². The van der Waals surface area contributed by atoms with Gasteiger partial charge in [0, 0.05) is 0 Å². The molecule has 0 fully saturated rings. The topological polar surface area (TPSA) is 0 Å². The minimum absolute atomic E-state index is 1.20. The first-order valence-electron chi connectivity index (χ1n) is 19.4. The molecule has 0 saturated carbocycles. The lowest BCUT2D eigenvalue weighted by molar-refractivity contribution is 1.60. The smallest absolute Gasteiger partial charge is 0.00261 e. The molecule has 0 aliphatic rings. The average molecular weight is 709 g/mol. The third kappa shape index (κ3) is 5.38. The highest BCUT2D eigenvalue weighted by Crippen LogP contribution is 2.46. The SMILES string of the molecule is c1ccc(-c2c3ccccc3c(-c3ccc4ccc(-c5ccc6ccccc6c5)c(-c5cccc(-c6ccc7ccccc7c6)c5)c4c3)c3ccccc23)cc1. The number of hydrogen-bond acceptors (Lipinski definition) is 0. The van der Waals surface area contributed by atoms with E-state index in [4.69, 9.17) is 0 Å². The predicted molar refractivity (Wildman–Crippen MR) is 241 cm³/mol. The van der Waals surface area contributed by atoms with E-state index in [9.17, 15) is 0 Å². The third-order valence-electron chi connectivity index (χ3n) is 11.6. The Morgan fingerprint density at radius 2 is 0.607 bits per heavy atom. The molecule has 0 nitrogen and oxygen atoms in total. The predicted octanol–water partition coefficient (Wildman–Crippen LogP) is 15.8. The molecule has 0 radical (unpaired) electrons. The van der Waals surface area contributed by atoms with Crippen molar-refractivity contribution < 1.29 is 0 Å². The van der Waals surface area contributed by atoms with Crippen LogP contribution < -0.4 is 0 Å². The molecule has 260 valence electrons. The van der Waals surface area contributed by atoms with Gasteiger partial charge in [-0.3, -0.25) is 0 Å². The Morgan fingerprint density at radius 1 is 0.179 bits per heavy atom. The molecule has 11 aromatic carbocycles. The maximum absolute atomic E-state index is 2.45. The van der Waals surface area contributed by atoms with Crippen LogP contribution in [0.25, 0.3) is 109 Å². The van der Waals surface area contributed by atoms with Gasteiger partial charge in [0.1, 0.15) is 0 Å². The molecule has 0 spiro atoms. The number of rotatable bonds is 5. The third-order valence-corrected chi connectivity index (χ3v) is 11.6. The summed E-state index contributed by atoms with van der Waals surface area (Å²) in [6.07, 6.45) is 0. The van der Waals surface area contributed by atoms with Crippen LogP contribution in [0.3, 0.4) is 0 Å². The molecule has 0 N–H and O–H groups in total. The molecule has 56 heavy (non-hydrogen) atoms. The van der Waals surface area contributed by atoms with E-state index in [1.807, 2.05) is 0 Å². The van der Waals surface area contributed by atoms with Gasteiger partial charge in [-0.1, -0.05) is 194 Å². The Hall–Kier alpha value is -7.28. The normalized spacial score (nSPS) is 11.6. The summed E-state index contributed by atoms with van der Waals surface area (Å²) in [5.74, 6) is 0. The van der Waals surface area contributed by atoms with Crippen LogP contribution in [0.1, 0.15) is 0 Å². The second kappa shape index (κ2) is 13.2. The van der Waals surface area contributed by atoms with Crippen LogP contribution in [0.5, 0.6) is 0 Å². The summed E-state index contributed by atoms with van der Waals surface area (Å²) in [6.45, 7) is 0. The molecular formula is C56H36. The molecule has 0 atom stereocenters. The highest BCUT2D eigenvalue weighted by molar-refractivity contribution is 6.22. The lowest BCUT2D eigenvalue weighted by atomic mass is 9.84. The van der Waals surface area contributed by atoms with Crippen molar-refractivity contribution in [3.8, 4) is 55.6 Å². The highest BCUT2D eigenvalue weighted by Gasteiger charge is 2.19. The molecule has 0 heterocycles. The summed E-state index contributed by atoms with van der Waals surface area (Å²) in [6, 6.07) is 80.5. The summed E-state index contributed by atoms with van der Waals surface area (Å²) in [5, 5.41) is 12.5. The van der Waals surface area contributed by atoms with Gasteiger partial charge in [0.15, 0.2) is 0 Å². The first kappa shape index (κ1) is 32.2. The molecule has 0 bridgehead atoms. The minimum atomic E-state index is 1.20. The van der Waals surface area contributed by atoms with Crippen LogP contribution in [0.2, 0.25) is 0 Å². The molecule has 0 aliphatic carbocycles. The Morgan fingerprint density at radius 3 is 1.27 bits per heavy atom. The molecule has 11 aromatic rings. The van der Waals surface area contributed by atoms with E-state index < -0.39 is 0 Å². The van der Waals surface area contributed by atoms with Gasteiger partial charge in [-0.25, -0.2) is 0 Å². The van der Waals surface area contributed by atoms with Gasteiger partial charge in [0.25, 0.3) is 0 Å². The molecule has 0 aromatic heterocycles. The maximum Gasteiger partial charge on any atom is -0.00261 e. The van der Waals surface area contributed by atoms with Crippen molar-refractivity contribution in [2.75, 3.05) is 0 Å². The molecular weight excluding hydrogens is 673 g/mol. The van der Waals surface area contributed by atoms with Crippen LogP contribution in [0.4, 0.5) is 0 Å². The Kier molecular flexibility index (Phi) is 7.60. The van der Waals surface area contributed by atoms with E-state index in [0.717, 1.165) is 0 Å². The fraction of sp³-hybridized carbons (Fsp3) is 0. The Labute approximate surface area is 326 Å². The molecule has 0 unspecified atom stereocenters. The van der Waals surface area contributed by atoms with Gasteiger partial charge in [-0.05, 0) is 134 Å². The lowest BCUT2D eigenvalue weighted by Gasteiger charge is -2.19. The number of benzene rings is 11. The largest absolute Gasteiger partial charge is 0.0622 e. The second-order valence-electron chi connectivity index (χ2n) is 14.8. The van der Waals surface area contributed by atoms with E-state index >= 15 is 0 Å². The monoisotopic (exact) mass is 708 g/mol. The second-order valence-corrected chi connectivity index (χ2v) is 14.8. The minimum Gasteiger partial charge on any atom is -0.0622 e. The van der Waals surface area contributed by atoms with E-state index in [2.05, 4.69) is 218 Å². The molecule has 0 aliphatic heterocycles. The zero-order chi connectivity index (χ0) is 37.0. The molecule has 0 heteroatoms. The zero-order valence-electron chi connectivity index (χ0n) is 30.8. The Balaban J connectivity index is 1.19. The maximum atomic E-state index is 2.45. The fourth-order valence-corrected chi connectivity index (χ4v) is 8.96. The van der Waals surface area contributed by atoms with E-state index in [-0.39, 0.29) is 0 Å². The van der Waals surface area contributed by atoms with Gasteiger partial charge in [0.05, 0.1) is 0 Å². The zero-order valence-corrected chi connectivity index (χ0v) is 30.8. The van der Waals surface area contributed by atoms with Crippen molar-refractivity contribution in [1.82, 2.24) is 0 Å². The van der Waals surface area contributed by atoms with Gasteiger partial charge < -0.3 is 0 Å². The standard InChI is InChI=1S/C56H36/c1-2-15-40(16-3-1)54-49-21-8-10-23-51(49)56(52-24-11-9-22-50(52)54)47-30-27-39-31-32-48(45-29-26-38-14-5-7-18-42(38)34-45)55(53(39)36-47)46-20-12-19-43(35-46)44-28-25-37-13-4-6-17-41(37)33-44/h1-36H. The lowest BCUT2D eigenvalue weighted by Crippen LogP contribution is -1.92. The van der Waals surface area contributed by atoms with Crippen molar-refractivity contribution in [2.24, 2.45) is 0 Å². The average Bonchev–Trinajstić information content (AvgIpc) is 3.27. The first-order chi connectivity index (χ1) is 27.8.